The van der Waals surface area contributed by atoms with Gasteiger partial charge in [0.05, 0.1) is 12.3 Å². The number of aryl methyl sites for hydroxylation is 2. The van der Waals surface area contributed by atoms with Crippen molar-refractivity contribution in [2.75, 3.05) is 5.32 Å². The van der Waals surface area contributed by atoms with Gasteiger partial charge in [-0.1, -0.05) is 0 Å². The van der Waals surface area contributed by atoms with Crippen molar-refractivity contribution in [1.82, 2.24) is 0 Å². The second-order valence-corrected chi connectivity index (χ2v) is 5.02. The fraction of sp³-hybridized carbons (Fsp3) is 0.267. The highest BCUT2D eigenvalue weighted by Crippen LogP contribution is 2.31. The van der Waals surface area contributed by atoms with E-state index in [2.05, 4.69) is 5.32 Å². The van der Waals surface area contributed by atoms with Crippen LogP contribution in [-0.4, -0.2) is 5.91 Å². The molecule has 0 spiro atoms. The van der Waals surface area contributed by atoms with E-state index in [0.717, 1.165) is 11.1 Å². The summed E-state index contributed by atoms with van der Waals surface area (Å²) in [6.07, 6.45) is 2.55. The zero-order valence-corrected chi connectivity index (χ0v) is 11.1. The Morgan fingerprint density at radius 3 is 2.90 bits per heavy atom. The third-order valence-corrected chi connectivity index (χ3v) is 3.64. The monoisotopic (exact) mass is 274 g/mol. The first-order valence-corrected chi connectivity index (χ1v) is 6.48. The smallest absolute Gasteiger partial charge is 0.224 e. The number of fused-ring (bicyclic) bond motifs is 1. The summed E-state index contributed by atoms with van der Waals surface area (Å²) in [5, 5.41) is 2.67. The van der Waals surface area contributed by atoms with E-state index in [0.29, 0.717) is 29.9 Å². The Balaban J connectivity index is 2.02. The van der Waals surface area contributed by atoms with Crippen LogP contribution in [0.2, 0.25) is 0 Å². The fourth-order valence-corrected chi connectivity index (χ4v) is 2.50. The van der Waals surface area contributed by atoms with Crippen molar-refractivity contribution < 1.29 is 13.6 Å². The van der Waals surface area contributed by atoms with Crippen molar-refractivity contribution in [1.29, 1.82) is 0 Å². The third kappa shape index (κ3) is 2.10. The minimum atomic E-state index is -0.645. The lowest BCUT2D eigenvalue weighted by Gasteiger charge is -2.20. The van der Waals surface area contributed by atoms with Crippen LogP contribution in [0, 0.1) is 12.7 Å². The van der Waals surface area contributed by atoms with Crippen molar-refractivity contribution in [2.45, 2.75) is 25.8 Å². The van der Waals surface area contributed by atoms with Gasteiger partial charge in [0.2, 0.25) is 5.91 Å². The van der Waals surface area contributed by atoms with E-state index in [1.54, 1.807) is 18.4 Å². The molecule has 0 radical (unpaired) electrons. The predicted octanol–water partition coefficient (Wildman–Crippen LogP) is 2.66. The number of carbonyl (C=O) groups excluding carboxylic acids is 1. The molecule has 3 rings (SSSR count). The van der Waals surface area contributed by atoms with Crippen molar-refractivity contribution >= 4 is 11.6 Å². The van der Waals surface area contributed by atoms with Gasteiger partial charge >= 0.3 is 0 Å². The largest absolute Gasteiger partial charge is 0.467 e. The summed E-state index contributed by atoms with van der Waals surface area (Å²) in [5.74, 6) is 0.0359. The molecule has 1 aromatic carbocycles. The molecule has 20 heavy (non-hydrogen) atoms. The number of anilines is 1. The second-order valence-electron chi connectivity index (χ2n) is 5.02. The highest BCUT2D eigenvalue weighted by Gasteiger charge is 2.23. The average Bonchev–Trinajstić information content (AvgIpc) is 2.83. The number of hydrogen-bond donors (Lipinski definition) is 2. The Bertz CT molecular complexity index is 679. The van der Waals surface area contributed by atoms with E-state index in [9.17, 15) is 9.18 Å². The van der Waals surface area contributed by atoms with Gasteiger partial charge in [-0.3, -0.25) is 4.79 Å². The molecule has 3 N–H and O–H groups in total. The lowest BCUT2D eigenvalue weighted by Crippen LogP contribution is -2.21. The molecule has 5 heteroatoms. The van der Waals surface area contributed by atoms with Gasteiger partial charge in [0.25, 0.3) is 0 Å². The molecule has 0 saturated heterocycles. The normalized spacial score (nSPS) is 15.7. The standard InChI is InChI=1S/C15H15FN2O2/c1-8-4-5-20-15(8)14(17)10-6-9-2-3-13(19)18-12(9)7-11(10)16/h4-7,14H,2-3,17H2,1H3,(H,18,19). The Morgan fingerprint density at radius 2 is 2.20 bits per heavy atom. The van der Waals surface area contributed by atoms with Crippen LogP contribution in [-0.2, 0) is 11.2 Å². The Hall–Kier alpha value is -2.14. The van der Waals surface area contributed by atoms with Crippen LogP contribution < -0.4 is 11.1 Å². The zero-order chi connectivity index (χ0) is 14.3. The molecule has 1 aliphatic rings. The number of hydrogen-bond acceptors (Lipinski definition) is 3. The van der Waals surface area contributed by atoms with Crippen molar-refractivity contribution in [3.05, 3.63) is 52.7 Å². The lowest BCUT2D eigenvalue weighted by atomic mass is 9.95. The van der Waals surface area contributed by atoms with Gasteiger partial charge in [0.1, 0.15) is 11.6 Å². The van der Waals surface area contributed by atoms with Gasteiger partial charge in [-0.15, -0.1) is 0 Å². The van der Waals surface area contributed by atoms with Crippen LogP contribution in [0.1, 0.15) is 34.9 Å². The fourth-order valence-electron chi connectivity index (χ4n) is 2.50. The molecular weight excluding hydrogens is 259 g/mol. The number of rotatable bonds is 2. The quantitative estimate of drug-likeness (QED) is 0.884. The first-order chi connectivity index (χ1) is 9.56. The summed E-state index contributed by atoms with van der Waals surface area (Å²) >= 11 is 0. The summed E-state index contributed by atoms with van der Waals surface area (Å²) in [5.41, 5.74) is 8.82. The Morgan fingerprint density at radius 1 is 1.40 bits per heavy atom. The molecule has 4 nitrogen and oxygen atoms in total. The molecule has 0 aliphatic carbocycles. The van der Waals surface area contributed by atoms with Crippen LogP contribution >= 0.6 is 0 Å². The van der Waals surface area contributed by atoms with Gasteiger partial charge in [-0.05, 0) is 42.7 Å². The molecule has 1 aromatic heterocycles. The molecular formula is C15H15FN2O2. The molecule has 0 fully saturated rings. The second kappa shape index (κ2) is 4.76. The van der Waals surface area contributed by atoms with E-state index in [4.69, 9.17) is 10.2 Å². The predicted molar refractivity (Wildman–Crippen MR) is 72.8 cm³/mol. The van der Waals surface area contributed by atoms with Crippen molar-refractivity contribution in [3.8, 4) is 0 Å². The molecule has 1 atom stereocenters. The first kappa shape index (κ1) is 12.9. The third-order valence-electron chi connectivity index (χ3n) is 3.64. The maximum atomic E-state index is 14.2. The minimum absolute atomic E-state index is 0.0872. The Kier molecular flexibility index (Phi) is 3.06. The summed E-state index contributed by atoms with van der Waals surface area (Å²) < 4.78 is 19.5. The summed E-state index contributed by atoms with van der Waals surface area (Å²) in [6, 6.07) is 4.20. The number of halogens is 1. The molecule has 2 aromatic rings. The van der Waals surface area contributed by atoms with E-state index in [1.165, 1.54) is 6.07 Å². The molecule has 0 saturated carbocycles. The molecule has 1 unspecified atom stereocenters. The molecule has 1 aliphatic heterocycles. The number of furan rings is 1. The van der Waals surface area contributed by atoms with Crippen molar-refractivity contribution in [3.63, 3.8) is 0 Å². The highest BCUT2D eigenvalue weighted by atomic mass is 19.1. The topological polar surface area (TPSA) is 68.3 Å². The first-order valence-electron chi connectivity index (χ1n) is 6.48. The molecule has 104 valence electrons. The molecule has 1 amide bonds. The van der Waals surface area contributed by atoms with Gasteiger partial charge in [0.15, 0.2) is 0 Å². The summed E-state index contributed by atoms with van der Waals surface area (Å²) in [7, 11) is 0. The number of nitrogens with one attached hydrogen (secondary N) is 1. The van der Waals surface area contributed by atoms with Crippen LogP contribution in [0.4, 0.5) is 10.1 Å². The van der Waals surface area contributed by atoms with Gasteiger partial charge in [0, 0.05) is 17.7 Å². The van der Waals surface area contributed by atoms with Gasteiger partial charge in [-0.25, -0.2) is 4.39 Å². The average molecular weight is 274 g/mol. The minimum Gasteiger partial charge on any atom is -0.467 e. The van der Waals surface area contributed by atoms with Crippen molar-refractivity contribution in [2.24, 2.45) is 5.73 Å². The summed E-state index contributed by atoms with van der Waals surface area (Å²) in [4.78, 5) is 11.3. The Labute approximate surface area is 115 Å². The highest BCUT2D eigenvalue weighted by molar-refractivity contribution is 5.93. The summed E-state index contributed by atoms with van der Waals surface area (Å²) in [6.45, 7) is 1.87. The zero-order valence-electron chi connectivity index (χ0n) is 11.1. The van der Waals surface area contributed by atoms with Crippen LogP contribution in [0.3, 0.4) is 0 Å². The van der Waals surface area contributed by atoms with E-state index >= 15 is 0 Å². The van der Waals surface area contributed by atoms with Gasteiger partial charge < -0.3 is 15.5 Å². The number of nitrogens with two attached hydrogens (primary N) is 1. The maximum absolute atomic E-state index is 14.2. The van der Waals surface area contributed by atoms with Crippen LogP contribution in [0.5, 0.6) is 0 Å². The number of benzene rings is 1. The number of amides is 1. The van der Waals surface area contributed by atoms with E-state index < -0.39 is 11.9 Å². The maximum Gasteiger partial charge on any atom is 0.224 e. The number of carbonyl (C=O) groups is 1. The lowest BCUT2D eigenvalue weighted by molar-refractivity contribution is -0.116. The van der Waals surface area contributed by atoms with Gasteiger partial charge in [-0.2, -0.15) is 0 Å². The molecule has 0 bridgehead atoms. The van der Waals surface area contributed by atoms with E-state index in [-0.39, 0.29) is 5.91 Å². The molecule has 2 heterocycles. The van der Waals surface area contributed by atoms with Crippen LogP contribution in [0.15, 0.2) is 28.9 Å². The van der Waals surface area contributed by atoms with Crippen LogP contribution in [0.25, 0.3) is 0 Å². The SMILES string of the molecule is Cc1ccoc1C(N)c1cc2c(cc1F)NC(=O)CC2. The van der Waals surface area contributed by atoms with E-state index in [1.807, 2.05) is 6.92 Å².